The molecule has 0 saturated heterocycles. The van der Waals surface area contributed by atoms with E-state index in [1.165, 1.54) is 17.0 Å². The number of halogens is 3. The van der Waals surface area contributed by atoms with E-state index in [4.69, 9.17) is 0 Å². The summed E-state index contributed by atoms with van der Waals surface area (Å²) < 4.78 is 39.2. The second kappa shape index (κ2) is 4.61. The van der Waals surface area contributed by atoms with E-state index >= 15 is 0 Å². The van der Waals surface area contributed by atoms with Gasteiger partial charge in [0.1, 0.15) is 0 Å². The highest BCUT2D eigenvalue weighted by atomic mass is 32.1. The minimum Gasteiger partial charge on any atom is -0.338 e. The first-order valence-corrected chi connectivity index (χ1v) is 7.49. The van der Waals surface area contributed by atoms with Crippen LogP contribution >= 0.6 is 11.3 Å². The SMILES string of the molecule is FC(F)(F)c1ccccc1Nc1n[nH]c2c1Cc1sccc1-2. The first kappa shape index (κ1) is 13.4. The number of H-pyrrole nitrogens is 1. The molecule has 0 aliphatic heterocycles. The van der Waals surface area contributed by atoms with E-state index in [1.807, 2.05) is 11.4 Å². The van der Waals surface area contributed by atoms with Crippen molar-refractivity contribution in [3.8, 4) is 11.3 Å². The maximum atomic E-state index is 13.1. The number of thiophene rings is 1. The molecule has 0 saturated carbocycles. The summed E-state index contributed by atoms with van der Waals surface area (Å²) in [4.78, 5) is 1.20. The first-order chi connectivity index (χ1) is 10.5. The van der Waals surface area contributed by atoms with E-state index in [9.17, 15) is 13.2 Å². The van der Waals surface area contributed by atoms with Crippen molar-refractivity contribution in [1.82, 2.24) is 10.2 Å². The minimum atomic E-state index is -4.40. The van der Waals surface area contributed by atoms with Crippen LogP contribution in [0.1, 0.15) is 16.0 Å². The van der Waals surface area contributed by atoms with Crippen LogP contribution in [-0.4, -0.2) is 10.2 Å². The number of nitrogens with one attached hydrogen (secondary N) is 2. The summed E-state index contributed by atoms with van der Waals surface area (Å²) >= 11 is 1.64. The van der Waals surface area contributed by atoms with Gasteiger partial charge in [-0.15, -0.1) is 11.3 Å². The molecule has 1 aromatic carbocycles. The van der Waals surface area contributed by atoms with Gasteiger partial charge < -0.3 is 5.32 Å². The van der Waals surface area contributed by atoms with Crippen molar-refractivity contribution < 1.29 is 13.2 Å². The number of benzene rings is 1. The molecule has 0 unspecified atom stereocenters. The summed E-state index contributed by atoms with van der Waals surface area (Å²) in [5, 5.41) is 11.9. The monoisotopic (exact) mass is 321 g/mol. The second-order valence-corrected chi connectivity index (χ2v) is 6.03. The third-order valence-corrected chi connectivity index (χ3v) is 4.63. The van der Waals surface area contributed by atoms with Crippen LogP contribution in [0.5, 0.6) is 0 Å². The highest BCUT2D eigenvalue weighted by molar-refractivity contribution is 7.10. The molecule has 3 aromatic rings. The molecule has 0 amide bonds. The average molecular weight is 321 g/mol. The van der Waals surface area contributed by atoms with Gasteiger partial charge in [-0.3, -0.25) is 5.10 Å². The van der Waals surface area contributed by atoms with Gasteiger partial charge in [-0.1, -0.05) is 12.1 Å². The van der Waals surface area contributed by atoms with Gasteiger partial charge in [0, 0.05) is 22.4 Å². The molecular formula is C15H10F3N3S. The van der Waals surface area contributed by atoms with Crippen LogP contribution in [0.2, 0.25) is 0 Å². The van der Waals surface area contributed by atoms with Gasteiger partial charge in [-0.25, -0.2) is 0 Å². The zero-order chi connectivity index (χ0) is 15.3. The van der Waals surface area contributed by atoms with E-state index in [2.05, 4.69) is 15.5 Å². The van der Waals surface area contributed by atoms with Crippen LogP contribution in [0, 0.1) is 0 Å². The standard InChI is InChI=1S/C15H10F3N3S/c16-15(17,18)10-3-1-2-4-11(10)19-14-9-7-12-8(5-6-22-12)13(9)20-21-14/h1-6H,7H2,(H2,19,20,21). The topological polar surface area (TPSA) is 40.7 Å². The molecule has 0 atom stereocenters. The van der Waals surface area contributed by atoms with Crippen LogP contribution in [0.15, 0.2) is 35.7 Å². The minimum absolute atomic E-state index is 0.0135. The maximum Gasteiger partial charge on any atom is 0.418 e. The fourth-order valence-electron chi connectivity index (χ4n) is 2.69. The predicted molar refractivity (Wildman–Crippen MR) is 79.4 cm³/mol. The van der Waals surface area contributed by atoms with Crippen LogP contribution in [0.4, 0.5) is 24.7 Å². The molecule has 3 nitrogen and oxygen atoms in total. The summed E-state index contributed by atoms with van der Waals surface area (Å²) in [6.45, 7) is 0. The molecule has 112 valence electrons. The van der Waals surface area contributed by atoms with Crippen molar-refractivity contribution in [3.05, 3.63) is 51.7 Å². The van der Waals surface area contributed by atoms with Gasteiger partial charge in [0.25, 0.3) is 0 Å². The normalized spacial score (nSPS) is 13.0. The number of hydrogen-bond acceptors (Lipinski definition) is 3. The van der Waals surface area contributed by atoms with E-state index < -0.39 is 11.7 Å². The number of hydrogen-bond donors (Lipinski definition) is 2. The van der Waals surface area contributed by atoms with Crippen molar-refractivity contribution in [2.75, 3.05) is 5.32 Å². The third kappa shape index (κ3) is 2.00. The van der Waals surface area contributed by atoms with Crippen molar-refractivity contribution >= 4 is 22.8 Å². The van der Waals surface area contributed by atoms with Crippen molar-refractivity contribution in [2.45, 2.75) is 12.6 Å². The van der Waals surface area contributed by atoms with Gasteiger partial charge in [0.15, 0.2) is 5.82 Å². The molecule has 1 aliphatic rings. The molecule has 0 spiro atoms. The van der Waals surface area contributed by atoms with E-state index in [1.54, 1.807) is 17.4 Å². The second-order valence-electron chi connectivity index (χ2n) is 5.03. The Hall–Kier alpha value is -2.28. The predicted octanol–water partition coefficient (Wildman–Crippen LogP) is 4.80. The van der Waals surface area contributed by atoms with Crippen LogP contribution in [0.3, 0.4) is 0 Å². The smallest absolute Gasteiger partial charge is 0.338 e. The number of aromatic nitrogens is 2. The van der Waals surface area contributed by atoms with Gasteiger partial charge in [-0.05, 0) is 23.6 Å². The van der Waals surface area contributed by atoms with Crippen LogP contribution in [0.25, 0.3) is 11.3 Å². The number of aromatic amines is 1. The molecular weight excluding hydrogens is 311 g/mol. The molecule has 2 aromatic heterocycles. The summed E-state index contributed by atoms with van der Waals surface area (Å²) in [7, 11) is 0. The largest absolute Gasteiger partial charge is 0.418 e. The van der Waals surface area contributed by atoms with E-state index in [-0.39, 0.29) is 5.69 Å². The quantitative estimate of drug-likeness (QED) is 0.556. The van der Waals surface area contributed by atoms with Gasteiger partial charge in [0.05, 0.1) is 16.9 Å². The van der Waals surface area contributed by atoms with Gasteiger partial charge in [0.2, 0.25) is 0 Å². The summed E-state index contributed by atoms with van der Waals surface area (Å²) in [6, 6.07) is 7.42. The Balaban J connectivity index is 1.72. The molecule has 1 aliphatic carbocycles. The lowest BCUT2D eigenvalue weighted by Gasteiger charge is -2.13. The molecule has 7 heteroatoms. The molecule has 0 fully saturated rings. The molecule has 0 radical (unpaired) electrons. The number of anilines is 2. The van der Waals surface area contributed by atoms with Crippen molar-refractivity contribution in [1.29, 1.82) is 0 Å². The molecule has 2 N–H and O–H groups in total. The Bertz CT molecular complexity index is 848. The number of fused-ring (bicyclic) bond motifs is 3. The van der Waals surface area contributed by atoms with E-state index in [0.29, 0.717) is 12.2 Å². The number of para-hydroxylation sites is 1. The fourth-order valence-corrected chi connectivity index (χ4v) is 3.58. The zero-order valence-electron chi connectivity index (χ0n) is 11.2. The number of nitrogens with zero attached hydrogens (tertiary/aromatic N) is 1. The Morgan fingerprint density at radius 2 is 2.00 bits per heavy atom. The van der Waals surface area contributed by atoms with Crippen molar-refractivity contribution in [2.24, 2.45) is 0 Å². The zero-order valence-corrected chi connectivity index (χ0v) is 12.0. The Morgan fingerprint density at radius 1 is 1.18 bits per heavy atom. The molecule has 4 rings (SSSR count). The number of alkyl halides is 3. The summed E-state index contributed by atoms with van der Waals surface area (Å²) in [6.07, 6.45) is -3.71. The Morgan fingerprint density at radius 3 is 2.82 bits per heavy atom. The van der Waals surface area contributed by atoms with Gasteiger partial charge in [-0.2, -0.15) is 18.3 Å². The first-order valence-electron chi connectivity index (χ1n) is 6.61. The van der Waals surface area contributed by atoms with Crippen LogP contribution < -0.4 is 5.32 Å². The van der Waals surface area contributed by atoms with Crippen molar-refractivity contribution in [3.63, 3.8) is 0 Å². The molecule has 2 heterocycles. The lowest BCUT2D eigenvalue weighted by Crippen LogP contribution is -2.09. The summed E-state index contributed by atoms with van der Waals surface area (Å²) in [5.41, 5.74) is 2.21. The average Bonchev–Trinajstić information content (AvgIpc) is 3.12. The maximum absolute atomic E-state index is 13.1. The summed E-state index contributed by atoms with van der Waals surface area (Å²) in [5.74, 6) is 0.454. The molecule has 0 bridgehead atoms. The fraction of sp³-hybridized carbons (Fsp3) is 0.133. The lowest BCUT2D eigenvalue weighted by atomic mass is 10.1. The Labute approximate surface area is 127 Å². The highest BCUT2D eigenvalue weighted by Crippen LogP contribution is 2.43. The Kier molecular flexibility index (Phi) is 2.80. The van der Waals surface area contributed by atoms with Gasteiger partial charge >= 0.3 is 6.18 Å². The number of rotatable bonds is 2. The van der Waals surface area contributed by atoms with E-state index in [0.717, 1.165) is 22.9 Å². The lowest BCUT2D eigenvalue weighted by molar-refractivity contribution is -0.136. The highest BCUT2D eigenvalue weighted by Gasteiger charge is 2.34. The third-order valence-electron chi connectivity index (χ3n) is 3.70. The molecule has 22 heavy (non-hydrogen) atoms. The van der Waals surface area contributed by atoms with Crippen LogP contribution in [-0.2, 0) is 12.6 Å².